The van der Waals surface area contributed by atoms with Crippen LogP contribution in [0.1, 0.15) is 5.69 Å². The van der Waals surface area contributed by atoms with Crippen LogP contribution in [0.25, 0.3) is 10.9 Å². The second-order valence-electron chi connectivity index (χ2n) is 5.32. The van der Waals surface area contributed by atoms with Crippen LogP contribution in [0.5, 0.6) is 5.75 Å². The summed E-state index contributed by atoms with van der Waals surface area (Å²) in [6.45, 7) is 4.95. The van der Waals surface area contributed by atoms with Crippen LogP contribution in [0.4, 0.5) is 18.9 Å². The molecule has 4 nitrogen and oxygen atoms in total. The maximum atomic E-state index is 12.4. The number of piperazine rings is 1. The van der Waals surface area contributed by atoms with Crippen LogP contribution in [0, 0.1) is 6.92 Å². The minimum Gasteiger partial charge on any atom is -0.406 e. The number of benzene rings is 1. The summed E-state index contributed by atoms with van der Waals surface area (Å²) in [4.78, 5) is 6.42. The van der Waals surface area contributed by atoms with E-state index in [1.807, 2.05) is 0 Å². The van der Waals surface area contributed by atoms with E-state index in [2.05, 4.69) is 19.9 Å². The number of pyridine rings is 1. The third kappa shape index (κ3) is 3.96. The van der Waals surface area contributed by atoms with Gasteiger partial charge in [0.25, 0.3) is 0 Å². The molecule has 0 radical (unpaired) electrons. The summed E-state index contributed by atoms with van der Waals surface area (Å²) >= 11 is 6.42. The molecule has 3 rings (SSSR count). The van der Waals surface area contributed by atoms with Gasteiger partial charge in [-0.2, -0.15) is 0 Å². The highest BCUT2D eigenvalue weighted by Gasteiger charge is 2.31. The molecule has 2 aromatic rings. The largest absolute Gasteiger partial charge is 0.573 e. The molecular weight excluding hydrogens is 366 g/mol. The Morgan fingerprint density at radius 2 is 1.92 bits per heavy atom. The minimum atomic E-state index is -4.73. The lowest BCUT2D eigenvalue weighted by atomic mass is 10.1. The molecule has 0 bridgehead atoms. The maximum Gasteiger partial charge on any atom is 0.573 e. The first-order chi connectivity index (χ1) is 10.8. The molecule has 1 saturated heterocycles. The Kier molecular flexibility index (Phi) is 5.67. The van der Waals surface area contributed by atoms with Crippen LogP contribution in [0.3, 0.4) is 0 Å². The van der Waals surface area contributed by atoms with Crippen molar-refractivity contribution in [3.05, 3.63) is 28.9 Å². The van der Waals surface area contributed by atoms with Crippen LogP contribution in [-0.4, -0.2) is 37.5 Å². The molecule has 2 heterocycles. The molecule has 1 aromatic carbocycles. The van der Waals surface area contributed by atoms with E-state index in [4.69, 9.17) is 11.6 Å². The lowest BCUT2D eigenvalue weighted by Crippen LogP contribution is -2.43. The first kappa shape index (κ1) is 18.9. The van der Waals surface area contributed by atoms with Crippen molar-refractivity contribution in [1.82, 2.24) is 10.3 Å². The third-order valence-corrected chi connectivity index (χ3v) is 4.16. The number of fused-ring (bicyclic) bond motifs is 1. The predicted octanol–water partition coefficient (Wildman–Crippen LogP) is 3.93. The van der Waals surface area contributed by atoms with Gasteiger partial charge in [0.05, 0.1) is 21.9 Å². The molecule has 9 heteroatoms. The number of rotatable bonds is 2. The summed E-state index contributed by atoms with van der Waals surface area (Å²) in [5.74, 6) is -0.287. The normalized spacial score (nSPS) is 15.3. The fourth-order valence-electron chi connectivity index (χ4n) is 2.72. The Morgan fingerprint density at radius 3 is 2.54 bits per heavy atom. The lowest BCUT2D eigenvalue weighted by Gasteiger charge is -2.31. The van der Waals surface area contributed by atoms with E-state index in [1.54, 1.807) is 13.0 Å². The van der Waals surface area contributed by atoms with E-state index in [9.17, 15) is 13.2 Å². The topological polar surface area (TPSA) is 37.4 Å². The molecule has 0 atom stereocenters. The van der Waals surface area contributed by atoms with Crippen molar-refractivity contribution in [3.8, 4) is 5.75 Å². The average Bonchev–Trinajstić information content (AvgIpc) is 2.48. The molecule has 24 heavy (non-hydrogen) atoms. The van der Waals surface area contributed by atoms with E-state index >= 15 is 0 Å². The van der Waals surface area contributed by atoms with Gasteiger partial charge in [-0.3, -0.25) is 4.98 Å². The molecule has 132 valence electrons. The zero-order valence-corrected chi connectivity index (χ0v) is 14.4. The van der Waals surface area contributed by atoms with Crippen LogP contribution >= 0.6 is 24.0 Å². The molecule has 1 fully saturated rings. The summed E-state index contributed by atoms with van der Waals surface area (Å²) in [5.41, 5.74) is 1.83. The minimum absolute atomic E-state index is 0. The van der Waals surface area contributed by atoms with E-state index < -0.39 is 6.36 Å². The van der Waals surface area contributed by atoms with Gasteiger partial charge in [-0.1, -0.05) is 11.6 Å². The Labute approximate surface area is 148 Å². The number of hydrogen-bond acceptors (Lipinski definition) is 4. The number of nitrogens with one attached hydrogen (secondary N) is 1. The number of halogens is 5. The molecule has 0 unspecified atom stereocenters. The number of aryl methyl sites for hydroxylation is 1. The summed E-state index contributed by atoms with van der Waals surface area (Å²) in [5, 5.41) is 4.51. The number of ether oxygens (including phenoxy) is 1. The number of nitrogens with zero attached hydrogens (tertiary/aromatic N) is 2. The van der Waals surface area contributed by atoms with E-state index in [1.165, 1.54) is 12.1 Å². The standard InChI is InChI=1S/C15H15ClF3N3O.ClH/c1-9-13(16)14(22-6-4-20-5-7-22)11-3-2-10(8-12(11)21-9)23-15(17,18)19;/h2-3,8,20H,4-7H2,1H3;1H. The quantitative estimate of drug-likeness (QED) is 0.854. The maximum absolute atomic E-state index is 12.4. The van der Waals surface area contributed by atoms with Gasteiger partial charge in [0.1, 0.15) is 5.75 Å². The zero-order chi connectivity index (χ0) is 16.6. The van der Waals surface area contributed by atoms with Crippen molar-refractivity contribution < 1.29 is 17.9 Å². The van der Waals surface area contributed by atoms with Crippen LogP contribution in [-0.2, 0) is 0 Å². The van der Waals surface area contributed by atoms with Crippen LogP contribution in [0.15, 0.2) is 18.2 Å². The Balaban J connectivity index is 0.00000208. The number of anilines is 1. The average molecular weight is 382 g/mol. The van der Waals surface area contributed by atoms with Gasteiger partial charge in [-0.25, -0.2) is 0 Å². The highest BCUT2D eigenvalue weighted by Crippen LogP contribution is 2.37. The van der Waals surface area contributed by atoms with E-state index in [-0.39, 0.29) is 18.2 Å². The van der Waals surface area contributed by atoms with Gasteiger partial charge in [-0.15, -0.1) is 25.6 Å². The van der Waals surface area contributed by atoms with Gasteiger partial charge >= 0.3 is 6.36 Å². The Morgan fingerprint density at radius 1 is 1.25 bits per heavy atom. The van der Waals surface area contributed by atoms with Crippen molar-refractivity contribution in [2.75, 3.05) is 31.1 Å². The number of hydrogen-bond donors (Lipinski definition) is 1. The molecule has 1 N–H and O–H groups in total. The molecule has 1 aromatic heterocycles. The molecule has 0 amide bonds. The zero-order valence-electron chi connectivity index (χ0n) is 12.8. The highest BCUT2D eigenvalue weighted by molar-refractivity contribution is 6.35. The van der Waals surface area contributed by atoms with Crippen molar-refractivity contribution in [3.63, 3.8) is 0 Å². The second-order valence-corrected chi connectivity index (χ2v) is 5.70. The third-order valence-electron chi connectivity index (χ3n) is 3.70. The van der Waals surface area contributed by atoms with Crippen LogP contribution in [0.2, 0.25) is 5.02 Å². The van der Waals surface area contributed by atoms with Crippen LogP contribution < -0.4 is 15.0 Å². The van der Waals surface area contributed by atoms with Crippen molar-refractivity contribution in [1.29, 1.82) is 0 Å². The summed E-state index contributed by atoms with van der Waals surface area (Å²) in [7, 11) is 0. The Bertz CT molecular complexity index is 734. The fourth-order valence-corrected chi connectivity index (χ4v) is 2.98. The first-order valence-electron chi connectivity index (χ1n) is 7.16. The lowest BCUT2D eigenvalue weighted by molar-refractivity contribution is -0.274. The summed E-state index contributed by atoms with van der Waals surface area (Å²) in [6.07, 6.45) is -4.73. The molecule has 0 aliphatic carbocycles. The highest BCUT2D eigenvalue weighted by atomic mass is 35.5. The SMILES string of the molecule is Cc1nc2cc(OC(F)(F)F)ccc2c(N2CCNCC2)c1Cl.Cl. The van der Waals surface area contributed by atoms with E-state index in [0.29, 0.717) is 16.2 Å². The van der Waals surface area contributed by atoms with E-state index in [0.717, 1.165) is 37.3 Å². The van der Waals surface area contributed by atoms with Crippen molar-refractivity contribution in [2.24, 2.45) is 0 Å². The van der Waals surface area contributed by atoms with Gasteiger partial charge in [0.15, 0.2) is 0 Å². The summed E-state index contributed by atoms with van der Waals surface area (Å²) < 4.78 is 41.1. The monoisotopic (exact) mass is 381 g/mol. The molecular formula is C15H16Cl2F3N3O. The van der Waals surface area contributed by atoms with Gasteiger partial charge in [0, 0.05) is 37.6 Å². The molecule has 1 aliphatic rings. The molecule has 0 spiro atoms. The van der Waals surface area contributed by atoms with Gasteiger partial charge in [0.2, 0.25) is 0 Å². The Hall–Kier alpha value is -1.44. The smallest absolute Gasteiger partial charge is 0.406 e. The van der Waals surface area contributed by atoms with Crippen molar-refractivity contribution >= 4 is 40.6 Å². The number of alkyl halides is 3. The first-order valence-corrected chi connectivity index (χ1v) is 7.54. The second kappa shape index (κ2) is 7.21. The summed E-state index contributed by atoms with van der Waals surface area (Å²) in [6, 6.07) is 4.15. The number of aromatic nitrogens is 1. The van der Waals surface area contributed by atoms with Gasteiger partial charge < -0.3 is 15.0 Å². The van der Waals surface area contributed by atoms with Gasteiger partial charge in [-0.05, 0) is 19.1 Å². The fraction of sp³-hybridized carbons (Fsp3) is 0.400. The van der Waals surface area contributed by atoms with Crippen molar-refractivity contribution in [2.45, 2.75) is 13.3 Å². The molecule has 1 aliphatic heterocycles. The molecule has 0 saturated carbocycles. The predicted molar refractivity (Wildman–Crippen MR) is 90.5 cm³/mol.